The zero-order chi connectivity index (χ0) is 22.1. The summed E-state index contributed by atoms with van der Waals surface area (Å²) in [6, 6.07) is 14.8. The molecule has 0 saturated carbocycles. The average molecular weight is 443 g/mol. The molecule has 7 nitrogen and oxygen atoms in total. The highest BCUT2D eigenvalue weighted by molar-refractivity contribution is 7.14. The lowest BCUT2D eigenvalue weighted by Crippen LogP contribution is -2.11. The Morgan fingerprint density at radius 1 is 1.12 bits per heavy atom. The van der Waals surface area contributed by atoms with Crippen LogP contribution in [0.4, 0.5) is 5.13 Å². The van der Waals surface area contributed by atoms with Crippen molar-refractivity contribution < 1.29 is 19.0 Å². The van der Waals surface area contributed by atoms with Gasteiger partial charge in [0.05, 0.1) is 5.69 Å². The number of fused-ring (bicyclic) bond motifs is 1. The van der Waals surface area contributed by atoms with E-state index in [1.807, 2.05) is 31.4 Å². The first kappa shape index (κ1) is 19.8. The minimum Gasteiger partial charge on any atom is -0.453 e. The molecular formula is C24H17N3O4S. The van der Waals surface area contributed by atoms with Crippen LogP contribution in [0.25, 0.3) is 11.3 Å². The van der Waals surface area contributed by atoms with E-state index in [0.29, 0.717) is 33.7 Å². The van der Waals surface area contributed by atoms with Gasteiger partial charge in [-0.1, -0.05) is 0 Å². The first-order valence-corrected chi connectivity index (χ1v) is 10.6. The van der Waals surface area contributed by atoms with Gasteiger partial charge in [0.25, 0.3) is 5.91 Å². The van der Waals surface area contributed by atoms with Gasteiger partial charge in [-0.2, -0.15) is 0 Å². The first-order chi connectivity index (χ1) is 15.6. The van der Waals surface area contributed by atoms with Gasteiger partial charge in [-0.3, -0.25) is 15.1 Å². The molecule has 2 aromatic carbocycles. The first-order valence-electron chi connectivity index (χ1n) is 9.77. The lowest BCUT2D eigenvalue weighted by atomic mass is 10.0. The molecule has 5 rings (SSSR count). The van der Waals surface area contributed by atoms with Crippen molar-refractivity contribution in [3.63, 3.8) is 0 Å². The zero-order valence-electron chi connectivity index (χ0n) is 17.3. The Labute approximate surface area is 188 Å². The molecule has 1 N–H and O–H groups in total. The topological polar surface area (TPSA) is 82.6 Å². The van der Waals surface area contributed by atoms with Gasteiger partial charge in [0.15, 0.2) is 16.6 Å². The van der Waals surface area contributed by atoms with Crippen LogP contribution in [0, 0.1) is 26.0 Å². The molecule has 158 valence electrons. The maximum atomic E-state index is 12.4. The number of nitrogens with one attached hydrogen (secondary N) is 1. The van der Waals surface area contributed by atoms with Gasteiger partial charge in [0.2, 0.25) is 12.5 Å². The van der Waals surface area contributed by atoms with Crippen molar-refractivity contribution in [3.8, 4) is 34.3 Å². The Morgan fingerprint density at radius 2 is 1.91 bits per heavy atom. The average Bonchev–Trinajstić information content (AvgIpc) is 3.43. The van der Waals surface area contributed by atoms with Crippen molar-refractivity contribution in [2.24, 2.45) is 0 Å². The SMILES string of the molecule is Cc1cc(Oc2c#cc3c(c2)OCO3)cc(C)c1-c1csc(NC(=O)c2ccncc2)n1. The minimum atomic E-state index is -0.220. The van der Waals surface area contributed by atoms with Crippen LogP contribution in [0.1, 0.15) is 21.5 Å². The second-order valence-electron chi connectivity index (χ2n) is 7.12. The third kappa shape index (κ3) is 3.94. The van der Waals surface area contributed by atoms with Crippen LogP contribution >= 0.6 is 11.3 Å². The molecule has 1 aliphatic rings. The van der Waals surface area contributed by atoms with Crippen molar-refractivity contribution in [1.29, 1.82) is 0 Å². The van der Waals surface area contributed by atoms with Crippen LogP contribution < -0.4 is 19.5 Å². The molecule has 32 heavy (non-hydrogen) atoms. The van der Waals surface area contributed by atoms with Gasteiger partial charge in [-0.15, -0.1) is 11.3 Å². The summed E-state index contributed by atoms with van der Waals surface area (Å²) in [6.07, 6.45) is 3.16. The summed E-state index contributed by atoms with van der Waals surface area (Å²) < 4.78 is 16.6. The molecule has 0 saturated heterocycles. The Bertz CT molecular complexity index is 1280. The molecule has 1 aliphatic heterocycles. The molecule has 0 radical (unpaired) electrons. The number of carbonyl (C=O) groups is 1. The molecule has 0 atom stereocenters. The van der Waals surface area contributed by atoms with E-state index < -0.39 is 0 Å². The predicted molar refractivity (Wildman–Crippen MR) is 120 cm³/mol. The summed E-state index contributed by atoms with van der Waals surface area (Å²) in [6.45, 7) is 4.17. The van der Waals surface area contributed by atoms with Gasteiger partial charge in [-0.25, -0.2) is 4.98 Å². The summed E-state index contributed by atoms with van der Waals surface area (Å²) in [5.41, 5.74) is 4.33. The van der Waals surface area contributed by atoms with E-state index in [4.69, 9.17) is 14.2 Å². The normalized spacial score (nSPS) is 11.7. The fourth-order valence-corrected chi connectivity index (χ4v) is 4.15. The second kappa shape index (κ2) is 8.21. The largest absolute Gasteiger partial charge is 0.453 e. The summed E-state index contributed by atoms with van der Waals surface area (Å²) in [4.78, 5) is 20.9. The monoisotopic (exact) mass is 443 g/mol. The van der Waals surface area contributed by atoms with Crippen LogP contribution in [0.15, 0.2) is 48.1 Å². The van der Waals surface area contributed by atoms with E-state index in [9.17, 15) is 4.79 Å². The Morgan fingerprint density at radius 3 is 2.69 bits per heavy atom. The minimum absolute atomic E-state index is 0.175. The molecule has 0 aliphatic carbocycles. The third-order valence-electron chi connectivity index (χ3n) is 4.86. The summed E-state index contributed by atoms with van der Waals surface area (Å²) in [7, 11) is 0. The summed E-state index contributed by atoms with van der Waals surface area (Å²) in [5, 5.41) is 5.30. The van der Waals surface area contributed by atoms with E-state index in [2.05, 4.69) is 27.4 Å². The maximum Gasteiger partial charge on any atom is 0.257 e. The molecule has 8 heteroatoms. The van der Waals surface area contributed by atoms with Gasteiger partial charge in [0.1, 0.15) is 5.75 Å². The molecule has 0 fully saturated rings. The molecule has 4 aromatic rings. The number of aromatic nitrogens is 2. The highest BCUT2D eigenvalue weighted by Gasteiger charge is 2.16. The third-order valence-corrected chi connectivity index (χ3v) is 5.62. The molecule has 3 heterocycles. The Kier molecular flexibility index (Phi) is 5.09. The molecule has 2 aromatic heterocycles. The van der Waals surface area contributed by atoms with Crippen molar-refractivity contribution in [3.05, 3.63) is 76.9 Å². The van der Waals surface area contributed by atoms with Crippen LogP contribution in [0.5, 0.6) is 23.0 Å². The number of hydrogen-bond donors (Lipinski definition) is 1. The number of amides is 1. The number of pyridine rings is 1. The van der Waals surface area contributed by atoms with Crippen molar-refractivity contribution in [2.45, 2.75) is 13.8 Å². The van der Waals surface area contributed by atoms with E-state index in [0.717, 1.165) is 22.4 Å². The van der Waals surface area contributed by atoms with Crippen molar-refractivity contribution in [2.75, 3.05) is 12.1 Å². The van der Waals surface area contributed by atoms with E-state index in [1.54, 1.807) is 30.6 Å². The number of benzene rings is 1. The number of aryl methyl sites for hydroxylation is 2. The zero-order valence-corrected chi connectivity index (χ0v) is 18.1. The van der Waals surface area contributed by atoms with Crippen LogP contribution in [0.2, 0.25) is 0 Å². The molecule has 0 unspecified atom stereocenters. The van der Waals surface area contributed by atoms with E-state index >= 15 is 0 Å². The quantitative estimate of drug-likeness (QED) is 0.457. The lowest BCUT2D eigenvalue weighted by molar-refractivity contribution is 0.102. The van der Waals surface area contributed by atoms with Gasteiger partial charge < -0.3 is 14.2 Å². The fourth-order valence-electron chi connectivity index (χ4n) is 3.45. The smallest absolute Gasteiger partial charge is 0.257 e. The maximum absolute atomic E-state index is 12.4. The Balaban J connectivity index is 1.35. The summed E-state index contributed by atoms with van der Waals surface area (Å²) in [5.74, 6) is 2.08. The Hall–Kier alpha value is -4.09. The lowest BCUT2D eigenvalue weighted by Gasteiger charge is -2.11. The predicted octanol–water partition coefficient (Wildman–Crippen LogP) is 5.20. The standard InChI is InChI=1S/C24H17N3O4S/c1-14-9-18(31-17-3-4-20-21(11-17)30-13-29-20)10-15(2)22(14)19-12-32-24(26-19)27-23(28)16-5-7-25-8-6-16/h5-12H,13H2,1-2H3,(H,26,27,28). The van der Waals surface area contributed by atoms with Gasteiger partial charge in [0, 0.05) is 35.0 Å². The molecular weight excluding hydrogens is 426 g/mol. The molecule has 0 bridgehead atoms. The van der Waals surface area contributed by atoms with Crippen molar-refractivity contribution >= 4 is 22.4 Å². The van der Waals surface area contributed by atoms with Crippen molar-refractivity contribution in [1.82, 2.24) is 9.97 Å². The molecule has 1 amide bonds. The van der Waals surface area contributed by atoms with Crippen LogP contribution in [-0.2, 0) is 0 Å². The van der Waals surface area contributed by atoms with Gasteiger partial charge in [-0.05, 0) is 61.4 Å². The van der Waals surface area contributed by atoms with E-state index in [-0.39, 0.29) is 12.7 Å². The number of nitrogens with zero attached hydrogens (tertiary/aromatic N) is 2. The van der Waals surface area contributed by atoms with Gasteiger partial charge >= 0.3 is 0 Å². The highest BCUT2D eigenvalue weighted by Crippen LogP contribution is 2.36. The second-order valence-corrected chi connectivity index (χ2v) is 7.98. The van der Waals surface area contributed by atoms with Crippen LogP contribution in [-0.4, -0.2) is 22.7 Å². The van der Waals surface area contributed by atoms with E-state index in [1.165, 1.54) is 11.3 Å². The highest BCUT2D eigenvalue weighted by atomic mass is 32.1. The van der Waals surface area contributed by atoms with Crippen LogP contribution in [0.3, 0.4) is 0 Å². The number of carbonyl (C=O) groups excluding carboxylic acids is 1. The number of anilines is 1. The fraction of sp³-hybridized carbons (Fsp3) is 0.125. The number of ether oxygens (including phenoxy) is 3. The number of rotatable bonds is 5. The number of hydrogen-bond acceptors (Lipinski definition) is 7. The summed E-state index contributed by atoms with van der Waals surface area (Å²) >= 11 is 1.38. The molecule has 0 spiro atoms. The number of thiazole rings is 1.